The molecule has 0 spiro atoms. The van der Waals surface area contributed by atoms with E-state index in [0.29, 0.717) is 5.69 Å². The Morgan fingerprint density at radius 3 is 1.89 bits per heavy atom. The van der Waals surface area contributed by atoms with Crippen LogP contribution in [0.3, 0.4) is 0 Å². The topological polar surface area (TPSA) is 98.6 Å². The number of rotatable bonds is 4. The molecule has 1 fully saturated rings. The summed E-state index contributed by atoms with van der Waals surface area (Å²) in [5.74, 6) is -0.997. The van der Waals surface area contributed by atoms with Crippen molar-refractivity contribution in [3.05, 3.63) is 89.5 Å². The first kappa shape index (κ1) is 24.5. The third kappa shape index (κ3) is 3.72. The van der Waals surface area contributed by atoms with Gasteiger partial charge in [-0.15, -0.1) is 0 Å². The van der Waals surface area contributed by atoms with E-state index in [4.69, 9.17) is 0 Å². The van der Waals surface area contributed by atoms with Gasteiger partial charge in [-0.2, -0.15) is 9.57 Å². The van der Waals surface area contributed by atoms with Crippen molar-refractivity contribution < 1.29 is 16.8 Å². The van der Waals surface area contributed by atoms with Crippen molar-refractivity contribution in [1.29, 1.82) is 5.26 Å². The van der Waals surface area contributed by atoms with E-state index in [2.05, 4.69) is 6.07 Å². The Morgan fingerprint density at radius 2 is 1.33 bits per heavy atom. The Balaban J connectivity index is 1.63. The van der Waals surface area contributed by atoms with Crippen LogP contribution in [0.2, 0.25) is 0 Å². The van der Waals surface area contributed by atoms with Crippen molar-refractivity contribution in [2.24, 2.45) is 5.92 Å². The van der Waals surface area contributed by atoms with Gasteiger partial charge in [-0.1, -0.05) is 60.5 Å². The lowest BCUT2D eigenvalue weighted by molar-refractivity contribution is 0.189. The lowest BCUT2D eigenvalue weighted by Gasteiger charge is -2.44. The Kier molecular flexibility index (Phi) is 5.94. The van der Waals surface area contributed by atoms with Crippen molar-refractivity contribution in [3.8, 4) is 6.07 Å². The zero-order chi connectivity index (χ0) is 25.8. The predicted molar refractivity (Wildman–Crippen MR) is 137 cm³/mol. The zero-order valence-corrected chi connectivity index (χ0v) is 21.9. The molecule has 0 radical (unpaired) electrons. The fourth-order valence-electron chi connectivity index (χ4n) is 5.44. The number of hydrogen-bond acceptors (Lipinski definition) is 5. The molecule has 2 aliphatic heterocycles. The third-order valence-electron chi connectivity index (χ3n) is 7.32. The minimum absolute atomic E-state index is 0.0143. The number of piperidine rings is 1. The molecule has 186 valence electrons. The lowest BCUT2D eigenvalue weighted by atomic mass is 9.80. The van der Waals surface area contributed by atoms with Gasteiger partial charge in [0, 0.05) is 18.4 Å². The van der Waals surface area contributed by atoms with Crippen LogP contribution in [-0.4, -0.2) is 39.8 Å². The van der Waals surface area contributed by atoms with Crippen LogP contribution in [-0.2, 0) is 20.0 Å². The molecule has 0 aliphatic carbocycles. The quantitative estimate of drug-likeness (QED) is 0.513. The first-order valence-electron chi connectivity index (χ1n) is 11.8. The van der Waals surface area contributed by atoms with Gasteiger partial charge in [0.25, 0.3) is 10.0 Å². The monoisotopic (exact) mass is 521 g/mol. The summed E-state index contributed by atoms with van der Waals surface area (Å²) in [6, 6.07) is 21.0. The van der Waals surface area contributed by atoms with Crippen LogP contribution in [0.5, 0.6) is 0 Å². The van der Waals surface area contributed by atoms with E-state index >= 15 is 0 Å². The molecule has 0 N–H and O–H groups in total. The van der Waals surface area contributed by atoms with Crippen LogP contribution in [0.25, 0.3) is 0 Å². The minimum atomic E-state index is -3.98. The number of nitriles is 1. The second-order valence-electron chi connectivity index (χ2n) is 9.59. The van der Waals surface area contributed by atoms with Crippen LogP contribution in [0.4, 0.5) is 5.69 Å². The molecule has 1 saturated heterocycles. The summed E-state index contributed by atoms with van der Waals surface area (Å²) in [6.07, 6.45) is 0. The average molecular weight is 522 g/mol. The van der Waals surface area contributed by atoms with Crippen LogP contribution >= 0.6 is 0 Å². The van der Waals surface area contributed by atoms with E-state index < -0.39 is 44.0 Å². The number of para-hydroxylation sites is 1. The molecule has 0 unspecified atom stereocenters. The molecular weight excluding hydrogens is 494 g/mol. The van der Waals surface area contributed by atoms with Gasteiger partial charge in [-0.25, -0.2) is 16.8 Å². The molecule has 2 aliphatic rings. The van der Waals surface area contributed by atoms with Gasteiger partial charge >= 0.3 is 0 Å². The van der Waals surface area contributed by atoms with E-state index in [1.54, 1.807) is 67.6 Å². The summed E-state index contributed by atoms with van der Waals surface area (Å²) in [5, 5.41) is 10.1. The van der Waals surface area contributed by atoms with Crippen LogP contribution < -0.4 is 4.31 Å². The summed E-state index contributed by atoms with van der Waals surface area (Å²) >= 11 is 0. The maximum Gasteiger partial charge on any atom is 0.264 e. The summed E-state index contributed by atoms with van der Waals surface area (Å²) in [4.78, 5) is 0.286. The highest BCUT2D eigenvalue weighted by molar-refractivity contribution is 7.93. The number of benzene rings is 3. The molecule has 7 nitrogen and oxygen atoms in total. The molecule has 4 atom stereocenters. The largest absolute Gasteiger partial charge is 0.264 e. The highest BCUT2D eigenvalue weighted by Crippen LogP contribution is 2.51. The number of fused-ring (bicyclic) bond motifs is 3. The molecular formula is C27H27N3O4S2. The molecule has 5 rings (SSSR count). The Morgan fingerprint density at radius 1 is 0.806 bits per heavy atom. The molecule has 3 aromatic carbocycles. The standard InChI is InChI=1S/C27H27N3O4S2/c1-18-8-12-21(13-9-18)35(31,32)29-17-24-23-6-4-5-7-25(23)30(27(24)20(3)26(29)16-28)36(33,34)22-14-10-19(2)11-15-22/h4-15,20,24,26-27H,17H2,1-3H3/t20-,24+,26-,27+/m0/s1. The predicted octanol–water partition coefficient (Wildman–Crippen LogP) is 4.20. The van der Waals surface area contributed by atoms with E-state index in [9.17, 15) is 22.1 Å². The van der Waals surface area contributed by atoms with Gasteiger partial charge in [-0.05, 0) is 49.7 Å². The molecule has 36 heavy (non-hydrogen) atoms. The minimum Gasteiger partial charge on any atom is -0.262 e. The first-order chi connectivity index (χ1) is 17.1. The number of sulfonamides is 2. The van der Waals surface area contributed by atoms with Gasteiger partial charge < -0.3 is 0 Å². The maximum absolute atomic E-state index is 13.9. The van der Waals surface area contributed by atoms with Crippen LogP contribution in [0.1, 0.15) is 29.5 Å². The van der Waals surface area contributed by atoms with Crippen LogP contribution in [0, 0.1) is 31.1 Å². The van der Waals surface area contributed by atoms with Crippen molar-refractivity contribution in [2.45, 2.75) is 48.6 Å². The first-order valence-corrected chi connectivity index (χ1v) is 14.6. The van der Waals surface area contributed by atoms with Gasteiger partial charge in [0.05, 0.1) is 27.6 Å². The van der Waals surface area contributed by atoms with E-state index in [0.717, 1.165) is 16.7 Å². The fraction of sp³-hybridized carbons (Fsp3) is 0.296. The normalized spacial score (nSPS) is 24.1. The Hall–Kier alpha value is -3.19. The second kappa shape index (κ2) is 8.73. The molecule has 9 heteroatoms. The molecule has 0 aromatic heterocycles. The smallest absolute Gasteiger partial charge is 0.262 e. The molecule has 0 bridgehead atoms. The Labute approximate surface area is 212 Å². The van der Waals surface area contributed by atoms with Crippen LogP contribution in [0.15, 0.2) is 82.6 Å². The van der Waals surface area contributed by atoms with Gasteiger partial charge in [0.2, 0.25) is 10.0 Å². The summed E-state index contributed by atoms with van der Waals surface area (Å²) in [7, 11) is -7.94. The maximum atomic E-state index is 13.9. The van der Waals surface area contributed by atoms with Gasteiger partial charge in [0.1, 0.15) is 6.04 Å². The number of aryl methyl sites for hydroxylation is 2. The second-order valence-corrected chi connectivity index (χ2v) is 13.3. The number of hydrogen-bond donors (Lipinski definition) is 0. The van der Waals surface area contributed by atoms with Gasteiger partial charge in [-0.3, -0.25) is 4.31 Å². The average Bonchev–Trinajstić information content (AvgIpc) is 3.20. The number of nitrogens with zero attached hydrogens (tertiary/aromatic N) is 3. The van der Waals surface area contributed by atoms with E-state index in [1.807, 2.05) is 26.0 Å². The summed E-state index contributed by atoms with van der Waals surface area (Å²) in [6.45, 7) is 5.55. The molecule has 2 heterocycles. The van der Waals surface area contributed by atoms with Crippen molar-refractivity contribution >= 4 is 25.7 Å². The fourth-order valence-corrected chi connectivity index (χ4v) is 8.88. The van der Waals surface area contributed by atoms with Crippen molar-refractivity contribution in [3.63, 3.8) is 0 Å². The van der Waals surface area contributed by atoms with Crippen molar-refractivity contribution in [2.75, 3.05) is 10.8 Å². The third-order valence-corrected chi connectivity index (χ3v) is 11.0. The Bertz CT molecular complexity index is 1560. The van der Waals surface area contributed by atoms with Crippen molar-refractivity contribution in [1.82, 2.24) is 4.31 Å². The van der Waals surface area contributed by atoms with E-state index in [1.165, 1.54) is 8.61 Å². The highest BCUT2D eigenvalue weighted by Gasteiger charge is 2.55. The number of anilines is 1. The molecule has 0 amide bonds. The summed E-state index contributed by atoms with van der Waals surface area (Å²) in [5.41, 5.74) is 3.18. The SMILES string of the molecule is Cc1ccc(S(=O)(=O)N2C[C@@H]3c4ccccc4N(S(=O)(=O)c4ccc(C)cc4)[C@@H]3[C@@H](C)[C@@H]2C#N)cc1. The van der Waals surface area contributed by atoms with E-state index in [-0.39, 0.29) is 16.3 Å². The molecule has 3 aromatic rings. The molecule has 0 saturated carbocycles. The lowest BCUT2D eigenvalue weighted by Crippen LogP contribution is -2.58. The summed E-state index contributed by atoms with van der Waals surface area (Å²) < 4.78 is 57.9. The van der Waals surface area contributed by atoms with Gasteiger partial charge in [0.15, 0.2) is 0 Å². The highest BCUT2D eigenvalue weighted by atomic mass is 32.2. The zero-order valence-electron chi connectivity index (χ0n) is 20.2.